The van der Waals surface area contributed by atoms with Crippen molar-refractivity contribution in [1.29, 1.82) is 0 Å². The quantitative estimate of drug-likeness (QED) is 0.726. The summed E-state index contributed by atoms with van der Waals surface area (Å²) in [5.74, 6) is -0.922. The van der Waals surface area contributed by atoms with Crippen LogP contribution in [0.1, 0.15) is 5.56 Å². The van der Waals surface area contributed by atoms with E-state index in [1.165, 1.54) is 0 Å². The summed E-state index contributed by atoms with van der Waals surface area (Å²) in [5.41, 5.74) is 0.898. The molecule has 1 aromatic carbocycles. The summed E-state index contributed by atoms with van der Waals surface area (Å²) in [6.45, 7) is 5.43. The van der Waals surface area contributed by atoms with Gasteiger partial charge in [-0.1, -0.05) is 30.3 Å². The van der Waals surface area contributed by atoms with Crippen molar-refractivity contribution in [2.75, 3.05) is 39.3 Å². The lowest BCUT2D eigenvalue weighted by Gasteiger charge is -2.25. The molecule has 21 heavy (non-hydrogen) atoms. The number of hydrogen-bond acceptors (Lipinski definition) is 4. The molecule has 2 rings (SSSR count). The average molecular weight is 315 g/mol. The molecule has 3 N–H and O–H groups in total. The summed E-state index contributed by atoms with van der Waals surface area (Å²) in [6.07, 6.45) is 2.68. The molecule has 0 aromatic heterocycles. The number of nitrogens with zero attached hydrogens (tertiary/aromatic N) is 1. The molecule has 0 bridgehead atoms. The predicted octanol–water partition coefficient (Wildman–Crippen LogP) is 1.09. The number of carbonyl (C=O) groups is 1. The highest BCUT2D eigenvalue weighted by atomic mass is 35.5. The van der Waals surface area contributed by atoms with E-state index < -0.39 is 5.97 Å². The molecule has 0 radical (unpaired) electrons. The van der Waals surface area contributed by atoms with Gasteiger partial charge in [-0.2, -0.15) is 0 Å². The van der Waals surface area contributed by atoms with Crippen LogP contribution in [0.15, 0.2) is 36.4 Å². The normalized spacial score (nSPS) is 14.9. The number of halogens is 1. The molecular formula is C15H23ClN2O3. The topological polar surface area (TPSA) is 72.8 Å². The van der Waals surface area contributed by atoms with Gasteiger partial charge < -0.3 is 15.5 Å². The van der Waals surface area contributed by atoms with E-state index in [1.54, 1.807) is 6.08 Å². The molecule has 0 saturated carbocycles. The summed E-state index contributed by atoms with van der Waals surface area (Å²) < 4.78 is 0. The Morgan fingerprint density at radius 1 is 1.24 bits per heavy atom. The van der Waals surface area contributed by atoms with Gasteiger partial charge in [-0.3, -0.25) is 4.90 Å². The third-order valence-electron chi connectivity index (χ3n) is 2.84. The Hall–Kier alpha value is -1.40. The van der Waals surface area contributed by atoms with Crippen LogP contribution in [0.25, 0.3) is 6.08 Å². The molecule has 1 heterocycles. The lowest BCUT2D eigenvalue weighted by molar-refractivity contribution is -0.131. The molecular weight excluding hydrogens is 292 g/mol. The maximum absolute atomic E-state index is 10.1. The fraction of sp³-hybridized carbons (Fsp3) is 0.400. The number of benzene rings is 1. The molecule has 1 aliphatic heterocycles. The molecule has 0 amide bonds. The fourth-order valence-electron chi connectivity index (χ4n) is 1.81. The highest BCUT2D eigenvalue weighted by molar-refractivity contribution is 5.85. The van der Waals surface area contributed by atoms with Crippen LogP contribution in [0, 0.1) is 0 Å². The standard InChI is InChI=1S/C9H8O2.C6H14N2O.ClH/c10-9(11)7-6-8-4-2-1-3-5-8;9-6-5-8-3-1-7-2-4-8;/h1-7H,(H,10,11);7,9H,1-6H2;1H. The number of hydrogen-bond donors (Lipinski definition) is 3. The van der Waals surface area contributed by atoms with Gasteiger partial charge in [0.15, 0.2) is 0 Å². The maximum Gasteiger partial charge on any atom is 0.328 e. The van der Waals surface area contributed by atoms with Gasteiger partial charge in [0, 0.05) is 38.8 Å². The van der Waals surface area contributed by atoms with Crippen LogP contribution >= 0.6 is 12.4 Å². The third-order valence-corrected chi connectivity index (χ3v) is 2.84. The predicted molar refractivity (Wildman–Crippen MR) is 86.8 cm³/mol. The lowest BCUT2D eigenvalue weighted by atomic mass is 10.2. The van der Waals surface area contributed by atoms with Gasteiger partial charge >= 0.3 is 5.97 Å². The van der Waals surface area contributed by atoms with Gasteiger partial charge in [0.25, 0.3) is 0 Å². The molecule has 0 spiro atoms. The number of nitrogens with one attached hydrogen (secondary N) is 1. The van der Waals surface area contributed by atoms with Crippen molar-refractivity contribution in [1.82, 2.24) is 10.2 Å². The summed E-state index contributed by atoms with van der Waals surface area (Å²) in [5, 5.41) is 20.1. The fourth-order valence-corrected chi connectivity index (χ4v) is 1.81. The van der Waals surface area contributed by atoms with Gasteiger partial charge in [-0.25, -0.2) is 4.79 Å². The van der Waals surface area contributed by atoms with Crippen LogP contribution < -0.4 is 5.32 Å². The van der Waals surface area contributed by atoms with Gasteiger partial charge in [-0.05, 0) is 11.6 Å². The van der Waals surface area contributed by atoms with Gasteiger partial charge in [0.05, 0.1) is 6.61 Å². The molecule has 1 fully saturated rings. The van der Waals surface area contributed by atoms with Gasteiger partial charge in [0.2, 0.25) is 0 Å². The summed E-state index contributed by atoms with van der Waals surface area (Å²) in [7, 11) is 0. The summed E-state index contributed by atoms with van der Waals surface area (Å²) >= 11 is 0. The molecule has 1 aliphatic rings. The second-order valence-electron chi connectivity index (χ2n) is 4.40. The van der Waals surface area contributed by atoms with E-state index in [-0.39, 0.29) is 12.4 Å². The molecule has 0 unspecified atom stereocenters. The molecule has 0 atom stereocenters. The minimum absolute atomic E-state index is 0. The van der Waals surface area contributed by atoms with Crippen molar-refractivity contribution in [2.45, 2.75) is 0 Å². The van der Waals surface area contributed by atoms with E-state index in [2.05, 4.69) is 10.2 Å². The summed E-state index contributed by atoms with van der Waals surface area (Å²) in [6, 6.07) is 9.31. The minimum Gasteiger partial charge on any atom is -0.478 e. The van der Waals surface area contributed by atoms with Crippen LogP contribution in [-0.2, 0) is 4.79 Å². The Morgan fingerprint density at radius 3 is 2.38 bits per heavy atom. The van der Waals surface area contributed by atoms with Gasteiger partial charge in [0.1, 0.15) is 0 Å². The molecule has 1 saturated heterocycles. The number of aliphatic hydroxyl groups excluding tert-OH is 1. The Balaban J connectivity index is 0.000000370. The first kappa shape index (κ1) is 19.6. The van der Waals surface area contributed by atoms with E-state index in [0.29, 0.717) is 6.61 Å². The number of carboxylic acid groups (broad SMARTS) is 1. The SMILES string of the molecule is Cl.O=C(O)C=Cc1ccccc1.OCCN1CCNCC1. The van der Waals surface area contributed by atoms with E-state index in [1.807, 2.05) is 30.3 Å². The van der Waals surface area contributed by atoms with E-state index in [9.17, 15) is 4.79 Å². The second kappa shape index (κ2) is 12.3. The zero-order valence-corrected chi connectivity index (χ0v) is 12.8. The Morgan fingerprint density at radius 2 is 1.86 bits per heavy atom. The van der Waals surface area contributed by atoms with E-state index in [4.69, 9.17) is 10.2 Å². The second-order valence-corrected chi connectivity index (χ2v) is 4.40. The van der Waals surface area contributed by atoms with E-state index >= 15 is 0 Å². The Bertz CT molecular complexity index is 404. The molecule has 5 nitrogen and oxygen atoms in total. The van der Waals surface area contributed by atoms with Crippen LogP contribution in [0.3, 0.4) is 0 Å². The van der Waals surface area contributed by atoms with Crippen LogP contribution in [0.4, 0.5) is 0 Å². The first-order valence-electron chi connectivity index (χ1n) is 6.72. The van der Waals surface area contributed by atoms with Crippen molar-refractivity contribution in [3.8, 4) is 0 Å². The molecule has 6 heteroatoms. The largest absolute Gasteiger partial charge is 0.478 e. The maximum atomic E-state index is 10.1. The average Bonchev–Trinajstić information content (AvgIpc) is 2.48. The van der Waals surface area contributed by atoms with Crippen LogP contribution in [0.5, 0.6) is 0 Å². The van der Waals surface area contributed by atoms with Crippen molar-refractivity contribution in [2.24, 2.45) is 0 Å². The monoisotopic (exact) mass is 314 g/mol. The van der Waals surface area contributed by atoms with Crippen LogP contribution in [-0.4, -0.2) is 60.4 Å². The zero-order valence-electron chi connectivity index (χ0n) is 11.9. The van der Waals surface area contributed by atoms with Crippen molar-refractivity contribution < 1.29 is 15.0 Å². The highest BCUT2D eigenvalue weighted by Crippen LogP contribution is 1.99. The highest BCUT2D eigenvalue weighted by Gasteiger charge is 2.06. The third kappa shape index (κ3) is 10.0. The zero-order chi connectivity index (χ0) is 14.6. The van der Waals surface area contributed by atoms with Crippen molar-refractivity contribution >= 4 is 24.5 Å². The molecule has 118 valence electrons. The van der Waals surface area contributed by atoms with Gasteiger partial charge in [-0.15, -0.1) is 12.4 Å². The van der Waals surface area contributed by atoms with Crippen molar-refractivity contribution in [3.05, 3.63) is 42.0 Å². The Kier molecular flexibility index (Phi) is 11.5. The minimum atomic E-state index is -0.922. The first-order chi connectivity index (χ1) is 9.72. The van der Waals surface area contributed by atoms with Crippen LogP contribution in [0.2, 0.25) is 0 Å². The first-order valence-corrected chi connectivity index (χ1v) is 6.72. The molecule has 1 aromatic rings. The van der Waals surface area contributed by atoms with E-state index in [0.717, 1.165) is 44.4 Å². The molecule has 0 aliphatic carbocycles. The number of piperazine rings is 1. The Labute approximate surface area is 131 Å². The van der Waals surface area contributed by atoms with Crippen molar-refractivity contribution in [3.63, 3.8) is 0 Å². The number of aliphatic hydroxyl groups is 1. The number of β-amino-alcohol motifs (C(OH)–C–C–N with tert-alkyl or cyclic N) is 1. The summed E-state index contributed by atoms with van der Waals surface area (Å²) in [4.78, 5) is 12.3. The number of rotatable bonds is 4. The lowest BCUT2D eigenvalue weighted by Crippen LogP contribution is -2.44. The number of aliphatic carboxylic acids is 1. The smallest absolute Gasteiger partial charge is 0.328 e. The number of carboxylic acids is 1.